The molecular formula is C30H32ClNO9. The summed E-state index contributed by atoms with van der Waals surface area (Å²) in [5.41, 5.74) is 1.44. The summed E-state index contributed by atoms with van der Waals surface area (Å²) in [7, 11) is 0. The lowest BCUT2D eigenvalue weighted by Gasteiger charge is -2.23. The van der Waals surface area contributed by atoms with Crippen molar-refractivity contribution in [1.82, 2.24) is 5.32 Å². The number of aliphatic hydroxyl groups excluding tert-OH is 1. The zero-order chi connectivity index (χ0) is 29.4. The second-order valence-electron chi connectivity index (χ2n) is 10.2. The topological polar surface area (TPSA) is 159 Å². The number of carboxylic acid groups (broad SMARTS) is 2. The summed E-state index contributed by atoms with van der Waals surface area (Å²) in [5, 5.41) is 31.8. The van der Waals surface area contributed by atoms with Gasteiger partial charge in [0.15, 0.2) is 0 Å². The Bertz CT molecular complexity index is 1290. The van der Waals surface area contributed by atoms with Crippen molar-refractivity contribution in [3.8, 4) is 11.5 Å². The predicted molar refractivity (Wildman–Crippen MR) is 152 cm³/mol. The van der Waals surface area contributed by atoms with Crippen molar-refractivity contribution in [3.05, 3.63) is 94.5 Å². The second kappa shape index (κ2) is 14.4. The molecule has 0 radical (unpaired) electrons. The van der Waals surface area contributed by atoms with Crippen LogP contribution in [0.25, 0.3) is 0 Å². The quantitative estimate of drug-likeness (QED) is 0.189. The number of carboxylic acids is 2. The summed E-state index contributed by atoms with van der Waals surface area (Å²) in [5.74, 6) is -3.41. The predicted octanol–water partition coefficient (Wildman–Crippen LogP) is 4.22. The van der Waals surface area contributed by atoms with Crippen molar-refractivity contribution in [3.63, 3.8) is 0 Å². The van der Waals surface area contributed by atoms with E-state index in [1.165, 1.54) is 66.7 Å². The number of rotatable bonds is 11. The minimum absolute atomic E-state index is 0. The second-order valence-corrected chi connectivity index (χ2v) is 10.2. The molecule has 10 nitrogen and oxygen atoms in total. The molecule has 0 aliphatic rings. The van der Waals surface area contributed by atoms with E-state index in [0.717, 1.165) is 0 Å². The zero-order valence-electron chi connectivity index (χ0n) is 22.7. The van der Waals surface area contributed by atoms with Crippen molar-refractivity contribution >= 4 is 36.3 Å². The molecule has 0 saturated carbocycles. The number of hydrogen-bond acceptors (Lipinski definition) is 8. The van der Waals surface area contributed by atoms with Crippen LogP contribution in [-0.4, -0.2) is 51.3 Å². The molecule has 11 heteroatoms. The van der Waals surface area contributed by atoms with Crippen LogP contribution in [0.15, 0.2) is 66.7 Å². The van der Waals surface area contributed by atoms with Crippen molar-refractivity contribution in [2.75, 3.05) is 6.54 Å². The lowest BCUT2D eigenvalue weighted by molar-refractivity contribution is -0.137. The van der Waals surface area contributed by atoms with Gasteiger partial charge in [-0.3, -0.25) is 9.59 Å². The third kappa shape index (κ3) is 10.7. The lowest BCUT2D eigenvalue weighted by atomic mass is 10.1. The van der Waals surface area contributed by atoms with Crippen LogP contribution in [0, 0.1) is 0 Å². The molecule has 3 rings (SSSR count). The first kappa shape index (κ1) is 33.0. The fraction of sp³-hybridized carbons (Fsp3) is 0.267. The van der Waals surface area contributed by atoms with E-state index in [9.17, 15) is 24.3 Å². The van der Waals surface area contributed by atoms with Crippen molar-refractivity contribution in [2.45, 2.75) is 45.3 Å². The highest BCUT2D eigenvalue weighted by Gasteiger charge is 2.19. The summed E-state index contributed by atoms with van der Waals surface area (Å²) >= 11 is 0. The Hall–Kier alpha value is -4.25. The molecule has 0 aliphatic carbocycles. The summed E-state index contributed by atoms with van der Waals surface area (Å²) in [6.45, 7) is 5.99. The van der Waals surface area contributed by atoms with E-state index in [4.69, 9.17) is 19.7 Å². The largest absolute Gasteiger partial charge is 0.481 e. The van der Waals surface area contributed by atoms with Gasteiger partial charge in [0, 0.05) is 18.2 Å². The Balaban J connectivity index is 0.00000588. The molecule has 0 heterocycles. The number of ether oxygens (including phenoxy) is 2. The fourth-order valence-corrected chi connectivity index (χ4v) is 3.62. The van der Waals surface area contributed by atoms with Gasteiger partial charge >= 0.3 is 23.9 Å². The molecule has 0 spiro atoms. The molecular weight excluding hydrogens is 554 g/mol. The summed E-state index contributed by atoms with van der Waals surface area (Å²) in [4.78, 5) is 47.4. The van der Waals surface area contributed by atoms with Crippen LogP contribution in [0.3, 0.4) is 0 Å². The van der Waals surface area contributed by atoms with Gasteiger partial charge in [-0.05, 0) is 73.9 Å². The number of carbonyl (C=O) groups excluding carboxylic acids is 2. The number of nitrogens with one attached hydrogen (secondary N) is 1. The van der Waals surface area contributed by atoms with Crippen LogP contribution in [-0.2, 0) is 22.4 Å². The molecule has 0 aromatic heterocycles. The van der Waals surface area contributed by atoms with E-state index in [0.29, 0.717) is 16.7 Å². The van der Waals surface area contributed by atoms with Gasteiger partial charge in [0.2, 0.25) is 0 Å². The van der Waals surface area contributed by atoms with E-state index in [1.807, 2.05) is 20.8 Å². The van der Waals surface area contributed by atoms with Crippen molar-refractivity contribution < 1.29 is 44.0 Å². The minimum atomic E-state index is -1.03. The Kier molecular flexibility index (Phi) is 11.6. The molecule has 0 fully saturated rings. The van der Waals surface area contributed by atoms with E-state index in [-0.39, 0.29) is 60.0 Å². The maximum absolute atomic E-state index is 12.8. The third-order valence-corrected chi connectivity index (χ3v) is 5.62. The lowest BCUT2D eigenvalue weighted by Crippen LogP contribution is -2.38. The average Bonchev–Trinajstić information content (AvgIpc) is 2.86. The normalized spacial score (nSPS) is 11.6. The van der Waals surface area contributed by atoms with Gasteiger partial charge in [-0.2, -0.15) is 0 Å². The van der Waals surface area contributed by atoms with Crippen molar-refractivity contribution in [2.24, 2.45) is 0 Å². The van der Waals surface area contributed by atoms with Crippen LogP contribution >= 0.6 is 12.4 Å². The third-order valence-electron chi connectivity index (χ3n) is 5.62. The highest BCUT2D eigenvalue weighted by Crippen LogP contribution is 2.28. The summed E-state index contributed by atoms with van der Waals surface area (Å²) < 4.78 is 11.0. The highest BCUT2D eigenvalue weighted by molar-refractivity contribution is 5.92. The SMILES string of the molecule is CC(C)(C)NCC(O)c1cc(OC(=O)c2ccc(CC(=O)O)cc2)cc(OC(=O)c2ccc(CC(=O)O)cc2)c1.Cl. The van der Waals surface area contributed by atoms with Gasteiger partial charge < -0.3 is 30.1 Å². The van der Waals surface area contributed by atoms with Crippen LogP contribution in [0.2, 0.25) is 0 Å². The first-order valence-electron chi connectivity index (χ1n) is 12.4. The first-order valence-corrected chi connectivity index (χ1v) is 12.4. The number of esters is 2. The van der Waals surface area contributed by atoms with Gasteiger partial charge in [-0.25, -0.2) is 9.59 Å². The monoisotopic (exact) mass is 585 g/mol. The molecule has 3 aromatic rings. The molecule has 0 bridgehead atoms. The van der Waals surface area contributed by atoms with Crippen LogP contribution < -0.4 is 14.8 Å². The molecule has 0 amide bonds. The molecule has 3 aromatic carbocycles. The molecule has 4 N–H and O–H groups in total. The Labute approximate surface area is 243 Å². The maximum Gasteiger partial charge on any atom is 0.343 e. The molecule has 0 aliphatic heterocycles. The number of aliphatic hydroxyl groups is 1. The summed E-state index contributed by atoms with van der Waals surface area (Å²) in [6.07, 6.45) is -1.40. The number of halogens is 1. The molecule has 41 heavy (non-hydrogen) atoms. The van der Waals surface area contributed by atoms with Gasteiger partial charge in [-0.1, -0.05) is 24.3 Å². The van der Waals surface area contributed by atoms with Crippen molar-refractivity contribution in [1.29, 1.82) is 0 Å². The Morgan fingerprint density at radius 2 is 1.12 bits per heavy atom. The first-order chi connectivity index (χ1) is 18.8. The average molecular weight is 586 g/mol. The molecule has 0 saturated heterocycles. The smallest absolute Gasteiger partial charge is 0.343 e. The van der Waals surface area contributed by atoms with Gasteiger partial charge in [0.25, 0.3) is 0 Å². The summed E-state index contributed by atoms with van der Waals surface area (Å²) in [6, 6.07) is 16.1. The number of hydrogen-bond donors (Lipinski definition) is 4. The van der Waals surface area contributed by atoms with Gasteiger partial charge in [-0.15, -0.1) is 12.4 Å². The standard InChI is InChI=1S/C30H31NO9.ClH/c1-30(2,3)31-17-25(32)22-14-23(39-28(37)20-8-4-18(5-9-20)12-26(33)34)16-24(15-22)40-29(38)21-10-6-19(7-11-21)13-27(35)36;/h4-11,14-16,25,31-32H,12-13,17H2,1-3H3,(H,33,34)(H,35,36);1H. The number of β-amino-alcohol motifs (C(OH)–C–C–N with tert-alkyl or cyclic N) is 1. The van der Waals surface area contributed by atoms with Crippen LogP contribution in [0.4, 0.5) is 0 Å². The molecule has 1 unspecified atom stereocenters. The Morgan fingerprint density at radius 1 is 0.732 bits per heavy atom. The maximum atomic E-state index is 12.8. The molecule has 1 atom stereocenters. The van der Waals surface area contributed by atoms with Gasteiger partial charge in [0.05, 0.1) is 30.1 Å². The van der Waals surface area contributed by atoms with Crippen LogP contribution in [0.5, 0.6) is 11.5 Å². The number of carbonyl (C=O) groups is 4. The minimum Gasteiger partial charge on any atom is -0.481 e. The van der Waals surface area contributed by atoms with E-state index in [2.05, 4.69) is 5.32 Å². The van der Waals surface area contributed by atoms with E-state index < -0.39 is 30.0 Å². The van der Waals surface area contributed by atoms with E-state index >= 15 is 0 Å². The van der Waals surface area contributed by atoms with Crippen LogP contribution in [0.1, 0.15) is 64.3 Å². The zero-order valence-corrected chi connectivity index (χ0v) is 23.6. The van der Waals surface area contributed by atoms with E-state index in [1.54, 1.807) is 0 Å². The molecule has 218 valence electrons. The Morgan fingerprint density at radius 3 is 1.46 bits per heavy atom. The fourth-order valence-electron chi connectivity index (χ4n) is 3.62. The van der Waals surface area contributed by atoms with Gasteiger partial charge in [0.1, 0.15) is 11.5 Å². The number of aliphatic carboxylic acids is 2. The highest BCUT2D eigenvalue weighted by atomic mass is 35.5. The number of benzene rings is 3.